The number of nitrogens with one attached hydrogen (secondary N) is 1. The molecule has 0 saturated heterocycles. The smallest absolute Gasteiger partial charge is 0.270 e. The Labute approximate surface area is 157 Å². The lowest BCUT2D eigenvalue weighted by molar-refractivity contribution is 0.0931. The van der Waals surface area contributed by atoms with Gasteiger partial charge in [-0.15, -0.1) is 0 Å². The van der Waals surface area contributed by atoms with Crippen LogP contribution in [0.2, 0.25) is 0 Å². The van der Waals surface area contributed by atoms with Gasteiger partial charge in [0, 0.05) is 11.6 Å². The number of methoxy groups -OCH3 is 1. The molecule has 3 rings (SSSR count). The van der Waals surface area contributed by atoms with E-state index in [-0.39, 0.29) is 17.8 Å². The number of benzene rings is 2. The Morgan fingerprint density at radius 2 is 1.85 bits per heavy atom. The molecule has 140 valence electrons. The van der Waals surface area contributed by atoms with Crippen LogP contribution in [-0.2, 0) is 0 Å². The largest absolute Gasteiger partial charge is 0.497 e. The molecular formula is C21H22FN3O2. The number of nitrogens with zero attached hydrogens (tertiary/aromatic N) is 2. The molecule has 6 heteroatoms. The van der Waals surface area contributed by atoms with E-state index >= 15 is 0 Å². The average Bonchev–Trinajstić information content (AvgIpc) is 3.14. The number of hydrogen-bond acceptors (Lipinski definition) is 3. The number of halogens is 1. The average molecular weight is 367 g/mol. The SMILES string of the molecule is CCC(C)NC(=O)c1cc(-c2ccc(OC)cc2)nn1-c1ccc(F)cc1. The molecule has 0 aliphatic heterocycles. The minimum Gasteiger partial charge on any atom is -0.497 e. The topological polar surface area (TPSA) is 56.1 Å². The first-order valence-corrected chi connectivity index (χ1v) is 8.83. The first-order chi connectivity index (χ1) is 13.0. The summed E-state index contributed by atoms with van der Waals surface area (Å²) in [5, 5.41) is 7.54. The van der Waals surface area contributed by atoms with Gasteiger partial charge in [-0.05, 0) is 67.9 Å². The van der Waals surface area contributed by atoms with Crippen molar-refractivity contribution >= 4 is 5.91 Å². The van der Waals surface area contributed by atoms with Crippen LogP contribution in [0, 0.1) is 5.82 Å². The van der Waals surface area contributed by atoms with Crippen molar-refractivity contribution in [2.24, 2.45) is 0 Å². The van der Waals surface area contributed by atoms with E-state index in [1.807, 2.05) is 38.1 Å². The van der Waals surface area contributed by atoms with Gasteiger partial charge in [0.2, 0.25) is 0 Å². The van der Waals surface area contributed by atoms with Crippen molar-refractivity contribution < 1.29 is 13.9 Å². The number of rotatable bonds is 6. The lowest BCUT2D eigenvalue weighted by atomic mass is 10.1. The zero-order valence-electron chi connectivity index (χ0n) is 15.6. The van der Waals surface area contributed by atoms with Crippen molar-refractivity contribution in [2.45, 2.75) is 26.3 Å². The van der Waals surface area contributed by atoms with Crippen molar-refractivity contribution in [1.82, 2.24) is 15.1 Å². The Morgan fingerprint density at radius 1 is 1.19 bits per heavy atom. The predicted octanol–water partition coefficient (Wildman–Crippen LogP) is 4.22. The Kier molecular flexibility index (Phi) is 5.54. The summed E-state index contributed by atoms with van der Waals surface area (Å²) in [6, 6.07) is 15.1. The van der Waals surface area contributed by atoms with Gasteiger partial charge in [0.25, 0.3) is 5.91 Å². The van der Waals surface area contributed by atoms with Gasteiger partial charge in [-0.1, -0.05) is 6.92 Å². The fraction of sp³-hybridized carbons (Fsp3) is 0.238. The van der Waals surface area contributed by atoms with Crippen molar-refractivity contribution in [1.29, 1.82) is 0 Å². The van der Waals surface area contributed by atoms with Crippen LogP contribution in [0.15, 0.2) is 54.6 Å². The maximum Gasteiger partial charge on any atom is 0.270 e. The molecule has 1 aromatic heterocycles. The summed E-state index contributed by atoms with van der Waals surface area (Å²) < 4.78 is 20.0. The quantitative estimate of drug-likeness (QED) is 0.710. The molecule has 0 aliphatic rings. The van der Waals surface area contributed by atoms with Gasteiger partial charge < -0.3 is 10.1 Å². The van der Waals surface area contributed by atoms with E-state index in [2.05, 4.69) is 10.4 Å². The second-order valence-corrected chi connectivity index (χ2v) is 6.31. The lowest BCUT2D eigenvalue weighted by Crippen LogP contribution is -2.33. The van der Waals surface area contributed by atoms with Crippen molar-refractivity contribution in [2.75, 3.05) is 7.11 Å². The first-order valence-electron chi connectivity index (χ1n) is 8.83. The van der Waals surface area contributed by atoms with E-state index in [0.29, 0.717) is 17.1 Å². The molecule has 3 aromatic rings. The van der Waals surface area contributed by atoms with Gasteiger partial charge in [-0.25, -0.2) is 9.07 Å². The van der Waals surface area contributed by atoms with Crippen LogP contribution in [-0.4, -0.2) is 28.8 Å². The highest BCUT2D eigenvalue weighted by Gasteiger charge is 2.19. The monoisotopic (exact) mass is 367 g/mol. The minimum absolute atomic E-state index is 0.0403. The summed E-state index contributed by atoms with van der Waals surface area (Å²) in [7, 11) is 1.61. The van der Waals surface area contributed by atoms with Crippen LogP contribution in [0.3, 0.4) is 0 Å². The molecule has 1 N–H and O–H groups in total. The Morgan fingerprint density at radius 3 is 2.44 bits per heavy atom. The molecule has 1 heterocycles. The van der Waals surface area contributed by atoms with Crippen LogP contribution >= 0.6 is 0 Å². The summed E-state index contributed by atoms with van der Waals surface area (Å²) >= 11 is 0. The molecule has 5 nitrogen and oxygen atoms in total. The number of hydrogen-bond donors (Lipinski definition) is 1. The van der Waals surface area contributed by atoms with Crippen molar-refractivity contribution in [3.05, 3.63) is 66.1 Å². The molecular weight excluding hydrogens is 345 g/mol. The number of carbonyl (C=O) groups excluding carboxylic acids is 1. The maximum absolute atomic E-state index is 13.3. The highest BCUT2D eigenvalue weighted by molar-refractivity contribution is 5.94. The Hall–Kier alpha value is -3.15. The number of aromatic nitrogens is 2. The van der Waals surface area contributed by atoms with E-state index in [1.165, 1.54) is 16.8 Å². The standard InChI is InChI=1S/C21H22FN3O2/c1-4-14(2)23-21(26)20-13-19(15-5-11-18(27-3)12-6-15)24-25(20)17-9-7-16(22)8-10-17/h5-14H,4H2,1-3H3,(H,23,26). The van der Waals surface area contributed by atoms with Crippen molar-refractivity contribution in [3.63, 3.8) is 0 Å². The summed E-state index contributed by atoms with van der Waals surface area (Å²) in [6.07, 6.45) is 0.821. The van der Waals surface area contributed by atoms with E-state index in [9.17, 15) is 9.18 Å². The molecule has 0 bridgehead atoms. The van der Waals surface area contributed by atoms with Gasteiger partial charge in [-0.2, -0.15) is 5.10 Å². The van der Waals surface area contributed by atoms with Gasteiger partial charge in [0.15, 0.2) is 0 Å². The molecule has 0 aliphatic carbocycles. The van der Waals surface area contributed by atoms with E-state index in [1.54, 1.807) is 25.3 Å². The molecule has 1 unspecified atom stereocenters. The van der Waals surface area contributed by atoms with Gasteiger partial charge in [0.1, 0.15) is 17.3 Å². The third kappa shape index (κ3) is 4.16. The molecule has 1 amide bonds. The molecule has 0 saturated carbocycles. The third-order valence-corrected chi connectivity index (χ3v) is 4.39. The van der Waals surface area contributed by atoms with E-state index < -0.39 is 0 Å². The Balaban J connectivity index is 2.04. The molecule has 27 heavy (non-hydrogen) atoms. The second kappa shape index (κ2) is 8.03. The predicted molar refractivity (Wildman–Crippen MR) is 103 cm³/mol. The normalized spacial score (nSPS) is 11.9. The van der Waals surface area contributed by atoms with E-state index in [0.717, 1.165) is 17.7 Å². The molecule has 2 aromatic carbocycles. The molecule has 1 atom stereocenters. The summed E-state index contributed by atoms with van der Waals surface area (Å²) in [5.74, 6) is 0.180. The summed E-state index contributed by atoms with van der Waals surface area (Å²) in [6.45, 7) is 3.95. The summed E-state index contributed by atoms with van der Waals surface area (Å²) in [4.78, 5) is 12.8. The zero-order valence-corrected chi connectivity index (χ0v) is 15.6. The summed E-state index contributed by atoms with van der Waals surface area (Å²) in [5.41, 5.74) is 2.52. The van der Waals surface area contributed by atoms with Crippen LogP contribution in [0.5, 0.6) is 5.75 Å². The second-order valence-electron chi connectivity index (χ2n) is 6.31. The fourth-order valence-electron chi connectivity index (χ4n) is 2.62. The van der Waals surface area contributed by atoms with Crippen LogP contribution in [0.25, 0.3) is 16.9 Å². The van der Waals surface area contributed by atoms with Crippen LogP contribution in [0.4, 0.5) is 4.39 Å². The van der Waals surface area contributed by atoms with E-state index in [4.69, 9.17) is 4.74 Å². The number of ether oxygens (including phenoxy) is 1. The molecule has 0 radical (unpaired) electrons. The highest BCUT2D eigenvalue weighted by Crippen LogP contribution is 2.24. The molecule has 0 spiro atoms. The zero-order chi connectivity index (χ0) is 19.4. The number of amides is 1. The van der Waals surface area contributed by atoms with Gasteiger partial charge >= 0.3 is 0 Å². The van der Waals surface area contributed by atoms with Crippen LogP contribution in [0.1, 0.15) is 30.8 Å². The molecule has 0 fully saturated rings. The van der Waals surface area contributed by atoms with Gasteiger partial charge in [0.05, 0.1) is 18.5 Å². The van der Waals surface area contributed by atoms with Gasteiger partial charge in [-0.3, -0.25) is 4.79 Å². The first kappa shape index (κ1) is 18.6. The Bertz CT molecular complexity index is 918. The lowest BCUT2D eigenvalue weighted by Gasteiger charge is -2.12. The van der Waals surface area contributed by atoms with Crippen LogP contribution < -0.4 is 10.1 Å². The third-order valence-electron chi connectivity index (χ3n) is 4.39. The maximum atomic E-state index is 13.3. The fourth-order valence-corrected chi connectivity index (χ4v) is 2.62. The highest BCUT2D eigenvalue weighted by atomic mass is 19.1. The van der Waals surface area contributed by atoms with Crippen molar-refractivity contribution in [3.8, 4) is 22.7 Å². The number of carbonyl (C=O) groups is 1. The minimum atomic E-state index is -0.341.